The third-order valence-corrected chi connectivity index (χ3v) is 3.14. The molecule has 1 aromatic rings. The molecule has 0 amide bonds. The Morgan fingerprint density at radius 3 is 1.59 bits per heavy atom. The summed E-state index contributed by atoms with van der Waals surface area (Å²) in [5.41, 5.74) is 0. The Labute approximate surface area is 94.3 Å². The Kier molecular flexibility index (Phi) is 4.00. The number of hydrogen-bond donors (Lipinski definition) is 1. The second-order valence-electron chi connectivity index (χ2n) is 2.53. The van der Waals surface area contributed by atoms with Crippen molar-refractivity contribution < 1.29 is 39.1 Å². The van der Waals surface area contributed by atoms with E-state index < -0.39 is 54.9 Å². The van der Waals surface area contributed by atoms with Gasteiger partial charge < -0.3 is 0 Å². The molecule has 1 aromatic carbocycles. The van der Waals surface area contributed by atoms with Gasteiger partial charge in [-0.25, -0.2) is 0 Å². The van der Waals surface area contributed by atoms with E-state index in [9.17, 15) is 29.5 Å². The molecule has 0 aliphatic heterocycles. The molecule has 1 rings (SSSR count). The standard InChI is InChI=1S/C6HF5O.FO.H2O.O.Sb/c7-1-2(8)4(10)6(12)5(11)3(1)9;1-2;;;/h12H;;1H2;;/q;-1;;;+3/p-2. The molecule has 0 bridgehead atoms. The first-order chi connectivity index (χ1) is 7.71. The van der Waals surface area contributed by atoms with Gasteiger partial charge in [-0.15, -0.1) is 0 Å². The second-order valence-corrected chi connectivity index (χ2v) is 6.12. The van der Waals surface area contributed by atoms with Crippen molar-refractivity contribution in [2.45, 2.75) is 0 Å². The van der Waals surface area contributed by atoms with Crippen LogP contribution in [-0.2, 0) is 6.24 Å². The normalized spacial score (nSPS) is 14.5. The number of benzene rings is 1. The van der Waals surface area contributed by atoms with Gasteiger partial charge in [0.15, 0.2) is 0 Å². The van der Waals surface area contributed by atoms with Gasteiger partial charge in [0.2, 0.25) is 0 Å². The summed E-state index contributed by atoms with van der Waals surface area (Å²) in [6.45, 7) is 0. The van der Waals surface area contributed by atoms with Crippen LogP contribution >= 0.6 is 0 Å². The monoisotopic (exact) mass is 372 g/mol. The molecule has 11 heteroatoms. The summed E-state index contributed by atoms with van der Waals surface area (Å²) in [4.78, 5) is 0. The molecule has 0 saturated carbocycles. The van der Waals surface area contributed by atoms with Crippen molar-refractivity contribution in [1.29, 1.82) is 0 Å². The van der Waals surface area contributed by atoms with Crippen LogP contribution in [0.5, 0.6) is 5.75 Å². The predicted octanol–water partition coefficient (Wildman–Crippen LogP) is 1.52. The van der Waals surface area contributed by atoms with E-state index in [4.69, 9.17) is 3.39 Å². The molecule has 0 aliphatic carbocycles. The molecular formula is C6HF6O4Sb. The van der Waals surface area contributed by atoms with Gasteiger partial charge in [-0.2, -0.15) is 0 Å². The SMILES string of the molecule is [O]=[Sb]([OH])([O]F)[O]c1c(F)c(F)c(F)c(F)c1F. The summed E-state index contributed by atoms with van der Waals surface area (Å²) in [5.74, 6) is -14.4. The molecule has 0 fully saturated rings. The first-order valence-electron chi connectivity index (χ1n) is 3.55. The van der Waals surface area contributed by atoms with Gasteiger partial charge in [0.1, 0.15) is 0 Å². The van der Waals surface area contributed by atoms with Gasteiger partial charge >= 0.3 is 94.0 Å². The van der Waals surface area contributed by atoms with Crippen molar-refractivity contribution >= 4 is 20.1 Å². The van der Waals surface area contributed by atoms with Crippen molar-refractivity contribution in [2.24, 2.45) is 0 Å². The number of halogens is 6. The molecule has 0 aromatic heterocycles. The van der Waals surface area contributed by atoms with Gasteiger partial charge in [-0.3, -0.25) is 0 Å². The Morgan fingerprint density at radius 1 is 0.882 bits per heavy atom. The van der Waals surface area contributed by atoms with E-state index in [1.807, 2.05) is 0 Å². The van der Waals surface area contributed by atoms with E-state index in [0.29, 0.717) is 0 Å². The topological polar surface area (TPSA) is 55.8 Å². The van der Waals surface area contributed by atoms with Gasteiger partial charge in [0.05, 0.1) is 0 Å². The average Bonchev–Trinajstić information content (AvgIpc) is 2.30. The molecule has 0 spiro atoms. The van der Waals surface area contributed by atoms with Crippen LogP contribution in [0.25, 0.3) is 0 Å². The molecule has 0 saturated heterocycles. The summed E-state index contributed by atoms with van der Waals surface area (Å²) >= 11 is -6.53. The van der Waals surface area contributed by atoms with Gasteiger partial charge in [-0.1, -0.05) is 0 Å². The van der Waals surface area contributed by atoms with Gasteiger partial charge in [0.25, 0.3) is 0 Å². The minimum atomic E-state index is -6.53. The van der Waals surface area contributed by atoms with Crippen LogP contribution < -0.4 is 3.02 Å². The minimum absolute atomic E-state index is 2.08. The molecule has 0 heterocycles. The maximum absolute atomic E-state index is 12.8. The van der Waals surface area contributed by atoms with E-state index in [1.54, 1.807) is 0 Å². The maximum atomic E-state index is 12.8. The molecule has 96 valence electrons. The summed E-state index contributed by atoms with van der Waals surface area (Å²) in [6, 6.07) is 0. The zero-order valence-electron chi connectivity index (χ0n) is 7.39. The van der Waals surface area contributed by atoms with Crippen LogP contribution in [0.1, 0.15) is 0 Å². The molecule has 0 radical (unpaired) electrons. The van der Waals surface area contributed by atoms with E-state index in [2.05, 4.69) is 6.24 Å². The molecular weight excluding hydrogens is 372 g/mol. The predicted molar refractivity (Wildman–Crippen MR) is 37.7 cm³/mol. The van der Waals surface area contributed by atoms with E-state index in [-0.39, 0.29) is 0 Å². The summed E-state index contributed by atoms with van der Waals surface area (Å²) in [5, 5.41) is 0. The quantitative estimate of drug-likeness (QED) is 0.378. The van der Waals surface area contributed by atoms with Crippen LogP contribution in [0.3, 0.4) is 0 Å². The summed E-state index contributed by atoms with van der Waals surface area (Å²) < 4.78 is 99.4. The average molecular weight is 373 g/mol. The van der Waals surface area contributed by atoms with Crippen molar-refractivity contribution in [1.82, 2.24) is 0 Å². The van der Waals surface area contributed by atoms with Gasteiger partial charge in [0, 0.05) is 0 Å². The molecule has 0 aliphatic rings. The summed E-state index contributed by atoms with van der Waals surface area (Å²) in [6.07, 6.45) is 0. The molecule has 4 nitrogen and oxygen atoms in total. The zero-order chi connectivity index (χ0) is 13.4. The third kappa shape index (κ3) is 2.69. The fraction of sp³-hybridized carbons (Fsp3) is 0. The Balaban J connectivity index is 3.40. The fourth-order valence-electron chi connectivity index (χ4n) is 0.794. The Bertz CT molecular complexity index is 477. The summed E-state index contributed by atoms with van der Waals surface area (Å²) in [7, 11) is 0. The molecule has 1 unspecified atom stereocenters. The Hall–Kier alpha value is -0.862. The van der Waals surface area contributed by atoms with Gasteiger partial charge in [-0.05, 0) is 0 Å². The van der Waals surface area contributed by atoms with Crippen LogP contribution in [-0.4, -0.2) is 23.4 Å². The van der Waals surface area contributed by atoms with E-state index in [0.717, 1.165) is 0 Å². The van der Waals surface area contributed by atoms with E-state index >= 15 is 0 Å². The third-order valence-electron chi connectivity index (χ3n) is 1.46. The van der Waals surface area contributed by atoms with Crippen molar-refractivity contribution in [3.05, 3.63) is 29.1 Å². The van der Waals surface area contributed by atoms with Crippen LogP contribution in [0.4, 0.5) is 26.5 Å². The van der Waals surface area contributed by atoms with E-state index in [1.165, 1.54) is 0 Å². The first kappa shape index (κ1) is 14.2. The van der Waals surface area contributed by atoms with Crippen molar-refractivity contribution in [2.75, 3.05) is 0 Å². The zero-order valence-corrected chi connectivity index (χ0v) is 9.94. The van der Waals surface area contributed by atoms with Crippen LogP contribution in [0.15, 0.2) is 0 Å². The molecule has 17 heavy (non-hydrogen) atoms. The number of hydrogen-bond acceptors (Lipinski definition) is 3. The van der Waals surface area contributed by atoms with Crippen molar-refractivity contribution in [3.63, 3.8) is 0 Å². The number of rotatable bonds is 3. The first-order valence-corrected chi connectivity index (χ1v) is 7.82. The second kappa shape index (κ2) is 4.79. The van der Waals surface area contributed by atoms with Crippen LogP contribution in [0, 0.1) is 29.1 Å². The fourth-order valence-corrected chi connectivity index (χ4v) is 1.99. The molecule has 1 N–H and O–H groups in total. The van der Waals surface area contributed by atoms with Crippen molar-refractivity contribution in [3.8, 4) is 5.75 Å². The Morgan fingerprint density at radius 2 is 1.24 bits per heavy atom. The van der Waals surface area contributed by atoms with Crippen LogP contribution in [0.2, 0.25) is 0 Å². The molecule has 1 atom stereocenters.